The molecule has 0 saturated heterocycles. The fourth-order valence-corrected chi connectivity index (χ4v) is 1.85. The topological polar surface area (TPSA) is 32.3 Å². The highest BCUT2D eigenvalue weighted by molar-refractivity contribution is 5.94. The van der Waals surface area contributed by atoms with E-state index in [1.54, 1.807) is 4.90 Å². The molecule has 0 unspecified atom stereocenters. The summed E-state index contributed by atoms with van der Waals surface area (Å²) in [6.07, 6.45) is 1.04. The SMILES string of the molecule is CNc1ccc(C(=O)N(C)CCC(C)C)cc1C. The van der Waals surface area contributed by atoms with Crippen molar-refractivity contribution >= 4 is 11.6 Å². The first-order valence-electron chi connectivity index (χ1n) is 6.49. The molecule has 0 aromatic heterocycles. The second-order valence-corrected chi connectivity index (χ2v) is 5.19. The standard InChI is InChI=1S/C15H24N2O/c1-11(2)8-9-17(5)15(18)13-6-7-14(16-4)12(3)10-13/h6-7,10-11,16H,8-9H2,1-5H3. The molecule has 0 heterocycles. The van der Waals surface area contributed by atoms with Crippen LogP contribution >= 0.6 is 0 Å². The molecule has 1 rings (SSSR count). The lowest BCUT2D eigenvalue weighted by molar-refractivity contribution is 0.0789. The van der Waals surface area contributed by atoms with Crippen LogP contribution in [0.3, 0.4) is 0 Å². The minimum Gasteiger partial charge on any atom is -0.388 e. The Morgan fingerprint density at radius 2 is 2.06 bits per heavy atom. The van der Waals surface area contributed by atoms with Gasteiger partial charge in [0.15, 0.2) is 0 Å². The summed E-state index contributed by atoms with van der Waals surface area (Å²) in [6.45, 7) is 7.16. The van der Waals surface area contributed by atoms with Crippen LogP contribution in [0.25, 0.3) is 0 Å². The Bertz CT molecular complexity index is 413. The highest BCUT2D eigenvalue weighted by atomic mass is 16.2. The number of aryl methyl sites for hydroxylation is 1. The van der Waals surface area contributed by atoms with Crippen molar-refractivity contribution in [1.82, 2.24) is 4.90 Å². The summed E-state index contributed by atoms with van der Waals surface area (Å²) < 4.78 is 0. The van der Waals surface area contributed by atoms with Crippen molar-refractivity contribution in [2.45, 2.75) is 27.2 Å². The maximum atomic E-state index is 12.2. The molecule has 0 aliphatic heterocycles. The quantitative estimate of drug-likeness (QED) is 0.868. The third kappa shape index (κ3) is 3.76. The molecule has 3 nitrogen and oxygen atoms in total. The average molecular weight is 248 g/mol. The number of hydrogen-bond donors (Lipinski definition) is 1. The van der Waals surface area contributed by atoms with Crippen LogP contribution in [0, 0.1) is 12.8 Å². The van der Waals surface area contributed by atoms with Crippen LogP contribution in [0.1, 0.15) is 36.2 Å². The average Bonchev–Trinajstić information content (AvgIpc) is 2.34. The van der Waals surface area contributed by atoms with E-state index in [4.69, 9.17) is 0 Å². The molecule has 100 valence electrons. The van der Waals surface area contributed by atoms with Gasteiger partial charge < -0.3 is 10.2 Å². The number of nitrogens with zero attached hydrogens (tertiary/aromatic N) is 1. The van der Waals surface area contributed by atoms with Crippen molar-refractivity contribution < 1.29 is 4.79 Å². The molecule has 0 atom stereocenters. The third-order valence-electron chi connectivity index (χ3n) is 3.13. The van der Waals surface area contributed by atoms with Gasteiger partial charge in [0.1, 0.15) is 0 Å². The minimum absolute atomic E-state index is 0.0985. The van der Waals surface area contributed by atoms with Crippen molar-refractivity contribution in [3.05, 3.63) is 29.3 Å². The Hall–Kier alpha value is -1.51. The first-order chi connectivity index (χ1) is 8.45. The van der Waals surface area contributed by atoms with E-state index in [-0.39, 0.29) is 5.91 Å². The smallest absolute Gasteiger partial charge is 0.253 e. The highest BCUT2D eigenvalue weighted by Gasteiger charge is 2.12. The normalized spacial score (nSPS) is 10.6. The zero-order valence-corrected chi connectivity index (χ0v) is 12.1. The van der Waals surface area contributed by atoms with Gasteiger partial charge in [-0.25, -0.2) is 0 Å². The number of nitrogens with one attached hydrogen (secondary N) is 1. The molecule has 1 N–H and O–H groups in total. The van der Waals surface area contributed by atoms with E-state index in [9.17, 15) is 4.79 Å². The van der Waals surface area contributed by atoms with Gasteiger partial charge in [-0.3, -0.25) is 4.79 Å². The van der Waals surface area contributed by atoms with Crippen LogP contribution in [0.2, 0.25) is 0 Å². The molecule has 0 spiro atoms. The predicted molar refractivity (Wildman–Crippen MR) is 77.1 cm³/mol. The molecule has 0 fully saturated rings. The summed E-state index contributed by atoms with van der Waals surface area (Å²) in [7, 11) is 3.75. The molecule has 3 heteroatoms. The Kier molecular flexibility index (Phi) is 5.20. The van der Waals surface area contributed by atoms with Crippen LogP contribution in [-0.2, 0) is 0 Å². The maximum Gasteiger partial charge on any atom is 0.253 e. The van der Waals surface area contributed by atoms with Crippen molar-refractivity contribution in [1.29, 1.82) is 0 Å². The fourth-order valence-electron chi connectivity index (χ4n) is 1.85. The van der Waals surface area contributed by atoms with Crippen LogP contribution in [-0.4, -0.2) is 31.4 Å². The number of anilines is 1. The molecule has 0 bridgehead atoms. The Morgan fingerprint density at radius 1 is 1.39 bits per heavy atom. The molecule has 1 aromatic carbocycles. The van der Waals surface area contributed by atoms with E-state index in [1.165, 1.54) is 0 Å². The summed E-state index contributed by atoms with van der Waals surface area (Å²) >= 11 is 0. The first-order valence-corrected chi connectivity index (χ1v) is 6.49. The van der Waals surface area contributed by atoms with Crippen LogP contribution in [0.15, 0.2) is 18.2 Å². The fraction of sp³-hybridized carbons (Fsp3) is 0.533. The van der Waals surface area contributed by atoms with E-state index in [0.29, 0.717) is 5.92 Å². The Balaban J connectivity index is 2.74. The largest absolute Gasteiger partial charge is 0.388 e. The third-order valence-corrected chi connectivity index (χ3v) is 3.13. The lowest BCUT2D eigenvalue weighted by Crippen LogP contribution is -2.28. The van der Waals surface area contributed by atoms with Gasteiger partial charge in [0, 0.05) is 31.9 Å². The summed E-state index contributed by atoms with van der Waals surface area (Å²) in [5.41, 5.74) is 2.93. The molecule has 0 aliphatic carbocycles. The molecule has 0 saturated carbocycles. The van der Waals surface area contributed by atoms with Crippen LogP contribution in [0.4, 0.5) is 5.69 Å². The van der Waals surface area contributed by atoms with Gasteiger partial charge in [0.2, 0.25) is 0 Å². The summed E-state index contributed by atoms with van der Waals surface area (Å²) in [6, 6.07) is 5.78. The zero-order chi connectivity index (χ0) is 13.7. The van der Waals surface area contributed by atoms with Crippen LogP contribution in [0.5, 0.6) is 0 Å². The zero-order valence-electron chi connectivity index (χ0n) is 12.1. The van der Waals surface area contributed by atoms with Gasteiger partial charge in [0.25, 0.3) is 5.91 Å². The molecular weight excluding hydrogens is 224 g/mol. The summed E-state index contributed by atoms with van der Waals surface area (Å²) in [5, 5.41) is 3.11. The Labute approximate surface area is 110 Å². The molecule has 18 heavy (non-hydrogen) atoms. The Morgan fingerprint density at radius 3 is 2.56 bits per heavy atom. The van der Waals surface area contributed by atoms with Crippen molar-refractivity contribution in [2.75, 3.05) is 26.0 Å². The monoisotopic (exact) mass is 248 g/mol. The lowest BCUT2D eigenvalue weighted by Gasteiger charge is -2.19. The van der Waals surface area contributed by atoms with E-state index in [1.807, 2.05) is 39.2 Å². The van der Waals surface area contributed by atoms with E-state index >= 15 is 0 Å². The maximum absolute atomic E-state index is 12.2. The van der Waals surface area contributed by atoms with Crippen molar-refractivity contribution in [3.8, 4) is 0 Å². The highest BCUT2D eigenvalue weighted by Crippen LogP contribution is 2.17. The van der Waals surface area contributed by atoms with Gasteiger partial charge in [-0.1, -0.05) is 13.8 Å². The lowest BCUT2D eigenvalue weighted by atomic mass is 10.1. The van der Waals surface area contributed by atoms with Crippen molar-refractivity contribution in [2.24, 2.45) is 5.92 Å². The molecule has 0 aliphatic rings. The number of rotatable bonds is 5. The molecule has 1 amide bonds. The van der Waals surface area contributed by atoms with Gasteiger partial charge in [0.05, 0.1) is 0 Å². The predicted octanol–water partition coefficient (Wildman–Crippen LogP) is 3.15. The number of amides is 1. The molecule has 0 radical (unpaired) electrons. The van der Waals surface area contributed by atoms with E-state index in [0.717, 1.165) is 29.8 Å². The van der Waals surface area contributed by atoms with Gasteiger partial charge >= 0.3 is 0 Å². The van der Waals surface area contributed by atoms with E-state index < -0.39 is 0 Å². The van der Waals surface area contributed by atoms with Gasteiger partial charge in [-0.2, -0.15) is 0 Å². The van der Waals surface area contributed by atoms with Crippen molar-refractivity contribution in [3.63, 3.8) is 0 Å². The van der Waals surface area contributed by atoms with Crippen LogP contribution < -0.4 is 5.32 Å². The number of benzene rings is 1. The second kappa shape index (κ2) is 6.43. The minimum atomic E-state index is 0.0985. The summed E-state index contributed by atoms with van der Waals surface area (Å²) in [4.78, 5) is 14.0. The number of carbonyl (C=O) groups excluding carboxylic acids is 1. The first kappa shape index (κ1) is 14.6. The molecule has 1 aromatic rings. The van der Waals surface area contributed by atoms with E-state index in [2.05, 4.69) is 19.2 Å². The van der Waals surface area contributed by atoms with Gasteiger partial charge in [-0.15, -0.1) is 0 Å². The number of hydrogen-bond acceptors (Lipinski definition) is 2. The number of carbonyl (C=O) groups is 1. The second-order valence-electron chi connectivity index (χ2n) is 5.19. The van der Waals surface area contributed by atoms with Gasteiger partial charge in [-0.05, 0) is 43.0 Å². The molecular formula is C15H24N2O. The summed E-state index contributed by atoms with van der Waals surface area (Å²) in [5.74, 6) is 0.718.